The molecule has 12 heavy (non-hydrogen) atoms. The van der Waals surface area contributed by atoms with Crippen LogP contribution in [0, 0.1) is 0 Å². The molecule has 0 radical (unpaired) electrons. The van der Waals surface area contributed by atoms with Gasteiger partial charge in [-0.2, -0.15) is 0 Å². The summed E-state index contributed by atoms with van der Waals surface area (Å²) in [6.07, 6.45) is 0.709. The molecule has 0 aromatic carbocycles. The molecule has 0 amide bonds. The Balaban J connectivity index is 4.32. The van der Waals surface area contributed by atoms with Crippen LogP contribution < -0.4 is 0 Å². The minimum Gasteiger partial charge on any atom is -0.379 e. The fourth-order valence-corrected chi connectivity index (χ4v) is 1.27. The topological polar surface area (TPSA) is 58.0 Å². The molecule has 0 aliphatic carbocycles. The third kappa shape index (κ3) is 4.21. The van der Waals surface area contributed by atoms with Crippen LogP contribution in [0.15, 0.2) is 5.11 Å². The number of azide groups is 1. The fourth-order valence-electron chi connectivity index (χ4n) is 1.27. The molecule has 0 saturated carbocycles. The van der Waals surface area contributed by atoms with Crippen molar-refractivity contribution in [2.75, 3.05) is 7.11 Å². The highest BCUT2D eigenvalue weighted by atomic mass is 16.5. The zero-order chi connectivity index (χ0) is 9.83. The van der Waals surface area contributed by atoms with Crippen LogP contribution in [0.25, 0.3) is 10.4 Å². The first kappa shape index (κ1) is 11.3. The summed E-state index contributed by atoms with van der Waals surface area (Å²) >= 11 is 0. The molecule has 0 aliphatic rings. The summed E-state index contributed by atoms with van der Waals surface area (Å²) in [5.74, 6) is 0. The standard InChI is InChI=1S/C8H17N3O/c1-7(2,10-11-9)6-8(3,4)12-5/h6H2,1-5H3. The molecule has 0 unspecified atom stereocenters. The average molecular weight is 171 g/mol. The van der Waals surface area contributed by atoms with Crippen LogP contribution in [0.2, 0.25) is 0 Å². The molecule has 0 heterocycles. The van der Waals surface area contributed by atoms with Crippen LogP contribution in [-0.2, 0) is 4.74 Å². The van der Waals surface area contributed by atoms with Gasteiger partial charge in [-0.15, -0.1) is 0 Å². The monoisotopic (exact) mass is 171 g/mol. The lowest BCUT2D eigenvalue weighted by Crippen LogP contribution is -2.32. The second kappa shape index (κ2) is 3.78. The highest BCUT2D eigenvalue weighted by molar-refractivity contribution is 4.86. The number of nitrogens with zero attached hydrogens (tertiary/aromatic N) is 3. The van der Waals surface area contributed by atoms with Crippen molar-refractivity contribution in [2.45, 2.75) is 45.3 Å². The van der Waals surface area contributed by atoms with Crippen LogP contribution in [0.3, 0.4) is 0 Å². The summed E-state index contributed by atoms with van der Waals surface area (Å²) in [7, 11) is 1.66. The van der Waals surface area contributed by atoms with E-state index in [2.05, 4.69) is 10.0 Å². The van der Waals surface area contributed by atoms with Gasteiger partial charge in [-0.3, -0.25) is 0 Å². The number of rotatable bonds is 4. The summed E-state index contributed by atoms with van der Waals surface area (Å²) in [5, 5.41) is 3.69. The summed E-state index contributed by atoms with van der Waals surface area (Å²) in [6.45, 7) is 7.74. The lowest BCUT2D eigenvalue weighted by atomic mass is 9.90. The van der Waals surface area contributed by atoms with E-state index in [1.807, 2.05) is 27.7 Å². The lowest BCUT2D eigenvalue weighted by molar-refractivity contribution is 0.00152. The zero-order valence-electron chi connectivity index (χ0n) is 8.46. The van der Waals surface area contributed by atoms with Gasteiger partial charge in [-0.05, 0) is 25.8 Å². The van der Waals surface area contributed by atoms with Gasteiger partial charge in [0.2, 0.25) is 0 Å². The minimum atomic E-state index is -0.381. The van der Waals surface area contributed by atoms with Crippen molar-refractivity contribution in [2.24, 2.45) is 5.11 Å². The second-order valence-corrected chi connectivity index (χ2v) is 4.14. The molecule has 0 fully saturated rings. The molecular formula is C8H17N3O. The van der Waals surface area contributed by atoms with Crippen LogP contribution in [0.4, 0.5) is 0 Å². The van der Waals surface area contributed by atoms with Gasteiger partial charge >= 0.3 is 0 Å². The normalized spacial score (nSPS) is 12.4. The first-order chi connectivity index (χ1) is 5.33. The Hall–Kier alpha value is -0.730. The van der Waals surface area contributed by atoms with Crippen molar-refractivity contribution in [1.82, 2.24) is 0 Å². The Bertz CT molecular complexity index is 192. The molecule has 0 N–H and O–H groups in total. The van der Waals surface area contributed by atoms with Crippen LogP contribution in [0.1, 0.15) is 34.1 Å². The predicted octanol–water partition coefficient (Wildman–Crippen LogP) is 2.89. The molecule has 0 bridgehead atoms. The SMILES string of the molecule is COC(C)(C)CC(C)(C)N=[N+]=[N-]. The van der Waals surface area contributed by atoms with Gasteiger partial charge in [0.1, 0.15) is 0 Å². The lowest BCUT2D eigenvalue weighted by Gasteiger charge is -2.30. The number of methoxy groups -OCH3 is 1. The van der Waals surface area contributed by atoms with Crippen molar-refractivity contribution >= 4 is 0 Å². The molecule has 0 spiro atoms. The molecule has 0 saturated heterocycles. The van der Waals surface area contributed by atoms with E-state index in [1.54, 1.807) is 7.11 Å². The molecule has 4 nitrogen and oxygen atoms in total. The third-order valence-corrected chi connectivity index (χ3v) is 1.73. The molecule has 0 aromatic heterocycles. The average Bonchev–Trinajstić information content (AvgIpc) is 1.85. The Morgan fingerprint density at radius 1 is 1.33 bits per heavy atom. The highest BCUT2D eigenvalue weighted by Gasteiger charge is 2.27. The molecule has 0 atom stereocenters. The largest absolute Gasteiger partial charge is 0.379 e. The maximum absolute atomic E-state index is 8.29. The van der Waals surface area contributed by atoms with Crippen molar-refractivity contribution < 1.29 is 4.74 Å². The Morgan fingerprint density at radius 3 is 2.17 bits per heavy atom. The van der Waals surface area contributed by atoms with Crippen LogP contribution in [0.5, 0.6) is 0 Å². The summed E-state index contributed by atoms with van der Waals surface area (Å²) < 4.78 is 5.24. The van der Waals surface area contributed by atoms with E-state index in [9.17, 15) is 0 Å². The maximum atomic E-state index is 8.29. The van der Waals surface area contributed by atoms with Gasteiger partial charge in [0.15, 0.2) is 0 Å². The van der Waals surface area contributed by atoms with Gasteiger partial charge < -0.3 is 4.74 Å². The van der Waals surface area contributed by atoms with E-state index in [0.29, 0.717) is 6.42 Å². The van der Waals surface area contributed by atoms with E-state index in [4.69, 9.17) is 10.3 Å². The summed E-state index contributed by atoms with van der Waals surface area (Å²) in [5.41, 5.74) is 7.67. The van der Waals surface area contributed by atoms with Crippen molar-refractivity contribution in [3.05, 3.63) is 10.4 Å². The van der Waals surface area contributed by atoms with E-state index in [-0.39, 0.29) is 11.1 Å². The molecule has 70 valence electrons. The highest BCUT2D eigenvalue weighted by Crippen LogP contribution is 2.25. The number of ether oxygens (including phenoxy) is 1. The first-order valence-corrected chi connectivity index (χ1v) is 3.94. The second-order valence-electron chi connectivity index (χ2n) is 4.14. The summed E-state index contributed by atoms with van der Waals surface area (Å²) in [4.78, 5) is 2.80. The van der Waals surface area contributed by atoms with Crippen molar-refractivity contribution in [3.63, 3.8) is 0 Å². The van der Waals surface area contributed by atoms with Crippen molar-refractivity contribution in [1.29, 1.82) is 0 Å². The number of hydrogen-bond donors (Lipinski definition) is 0. The molecule has 0 rings (SSSR count). The van der Waals surface area contributed by atoms with E-state index in [1.165, 1.54) is 0 Å². The van der Waals surface area contributed by atoms with Gasteiger partial charge in [0.05, 0.1) is 5.60 Å². The zero-order valence-corrected chi connectivity index (χ0v) is 8.46. The molecular weight excluding hydrogens is 154 g/mol. The van der Waals surface area contributed by atoms with Crippen molar-refractivity contribution in [3.8, 4) is 0 Å². The minimum absolute atomic E-state index is 0.238. The van der Waals surface area contributed by atoms with Gasteiger partial charge in [-0.1, -0.05) is 19.0 Å². The smallest absolute Gasteiger partial charge is 0.0629 e. The third-order valence-electron chi connectivity index (χ3n) is 1.73. The fraction of sp³-hybridized carbons (Fsp3) is 1.00. The van der Waals surface area contributed by atoms with E-state index >= 15 is 0 Å². The number of hydrogen-bond acceptors (Lipinski definition) is 2. The van der Waals surface area contributed by atoms with Crippen LogP contribution >= 0.6 is 0 Å². The Kier molecular flexibility index (Phi) is 3.55. The van der Waals surface area contributed by atoms with Gasteiger partial charge in [0.25, 0.3) is 0 Å². The van der Waals surface area contributed by atoms with Gasteiger partial charge in [0, 0.05) is 17.6 Å². The Labute approximate surface area is 73.5 Å². The molecule has 0 aliphatic heterocycles. The van der Waals surface area contributed by atoms with E-state index in [0.717, 1.165) is 0 Å². The summed E-state index contributed by atoms with van der Waals surface area (Å²) in [6, 6.07) is 0. The Morgan fingerprint density at radius 2 is 1.83 bits per heavy atom. The quantitative estimate of drug-likeness (QED) is 0.364. The van der Waals surface area contributed by atoms with Crippen LogP contribution in [-0.4, -0.2) is 18.2 Å². The van der Waals surface area contributed by atoms with E-state index < -0.39 is 0 Å². The first-order valence-electron chi connectivity index (χ1n) is 3.94. The molecule has 4 heteroatoms. The maximum Gasteiger partial charge on any atom is 0.0629 e. The van der Waals surface area contributed by atoms with Gasteiger partial charge in [-0.25, -0.2) is 0 Å². The predicted molar refractivity (Wildman–Crippen MR) is 48.9 cm³/mol. The molecule has 0 aromatic rings.